The number of nitrogens with two attached hydrogens (primary N) is 1. The van der Waals surface area contributed by atoms with Crippen molar-refractivity contribution in [2.45, 2.75) is 6.42 Å². The normalized spacial score (nSPS) is 9.83. The van der Waals surface area contributed by atoms with Crippen LogP contribution in [-0.4, -0.2) is 30.2 Å². The van der Waals surface area contributed by atoms with Gasteiger partial charge in [0.2, 0.25) is 11.8 Å². The molecule has 1 aromatic rings. The van der Waals surface area contributed by atoms with Crippen LogP contribution >= 0.6 is 0 Å². The number of rotatable bonds is 3. The fourth-order valence-electron chi connectivity index (χ4n) is 0.646. The Bertz CT molecular complexity index is 281. The van der Waals surface area contributed by atoms with Crippen LogP contribution in [-0.2, 0) is 11.2 Å². The molecule has 66 valence electrons. The van der Waals surface area contributed by atoms with Gasteiger partial charge in [0, 0.05) is 14.1 Å². The van der Waals surface area contributed by atoms with Crippen LogP contribution in [0.15, 0.2) is 4.42 Å². The highest BCUT2D eigenvalue weighted by molar-refractivity contribution is 5.75. The minimum Gasteiger partial charge on any atom is -0.407 e. The van der Waals surface area contributed by atoms with Gasteiger partial charge in [0.05, 0.1) is 0 Å². The molecule has 0 saturated heterocycles. The van der Waals surface area contributed by atoms with Gasteiger partial charge in [-0.05, 0) is 0 Å². The van der Waals surface area contributed by atoms with Gasteiger partial charge in [0.15, 0.2) is 0 Å². The molecule has 6 nitrogen and oxygen atoms in total. The van der Waals surface area contributed by atoms with E-state index in [9.17, 15) is 4.79 Å². The molecule has 0 radical (unpaired) electrons. The molecule has 0 unspecified atom stereocenters. The zero-order valence-corrected chi connectivity index (χ0v) is 6.94. The summed E-state index contributed by atoms with van der Waals surface area (Å²) < 4.78 is 5.06. The molecule has 1 aromatic heterocycles. The predicted molar refractivity (Wildman–Crippen MR) is 41.5 cm³/mol. The Morgan fingerprint density at radius 1 is 1.58 bits per heavy atom. The molecule has 0 bridgehead atoms. The summed E-state index contributed by atoms with van der Waals surface area (Å²) in [6.45, 7) is 0. The smallest absolute Gasteiger partial charge is 0.317 e. The van der Waals surface area contributed by atoms with E-state index in [0.29, 0.717) is 6.01 Å². The van der Waals surface area contributed by atoms with Gasteiger partial charge in [-0.25, -0.2) is 0 Å². The van der Waals surface area contributed by atoms with Crippen LogP contribution < -0.4 is 10.6 Å². The van der Waals surface area contributed by atoms with E-state index in [1.165, 1.54) is 0 Å². The highest BCUT2D eigenvalue weighted by Gasteiger charge is 2.08. The van der Waals surface area contributed by atoms with Gasteiger partial charge in [-0.3, -0.25) is 4.79 Å². The summed E-state index contributed by atoms with van der Waals surface area (Å²) in [5.74, 6) is -0.241. The van der Waals surface area contributed by atoms with Gasteiger partial charge in [-0.1, -0.05) is 5.10 Å². The van der Waals surface area contributed by atoms with Gasteiger partial charge in [-0.2, -0.15) is 0 Å². The van der Waals surface area contributed by atoms with E-state index in [-0.39, 0.29) is 12.3 Å². The summed E-state index contributed by atoms with van der Waals surface area (Å²) >= 11 is 0. The number of nitrogens with zero attached hydrogens (tertiary/aromatic N) is 3. The minimum atomic E-state index is -0.482. The molecule has 0 aliphatic heterocycles. The first-order valence-electron chi connectivity index (χ1n) is 3.37. The van der Waals surface area contributed by atoms with Crippen molar-refractivity contribution in [1.29, 1.82) is 0 Å². The van der Waals surface area contributed by atoms with E-state index in [0.717, 1.165) is 0 Å². The first-order chi connectivity index (χ1) is 5.59. The second-order valence-corrected chi connectivity index (χ2v) is 2.52. The van der Waals surface area contributed by atoms with E-state index >= 15 is 0 Å². The summed E-state index contributed by atoms with van der Waals surface area (Å²) in [7, 11) is 3.53. The van der Waals surface area contributed by atoms with Crippen LogP contribution in [0.2, 0.25) is 0 Å². The van der Waals surface area contributed by atoms with Gasteiger partial charge in [0.25, 0.3) is 0 Å². The maximum Gasteiger partial charge on any atom is 0.317 e. The van der Waals surface area contributed by atoms with Crippen LogP contribution in [0.4, 0.5) is 6.01 Å². The van der Waals surface area contributed by atoms with Crippen molar-refractivity contribution < 1.29 is 9.21 Å². The van der Waals surface area contributed by atoms with Crippen LogP contribution in [0.3, 0.4) is 0 Å². The fourth-order valence-corrected chi connectivity index (χ4v) is 0.646. The lowest BCUT2D eigenvalue weighted by Crippen LogP contribution is -2.13. The summed E-state index contributed by atoms with van der Waals surface area (Å²) in [4.78, 5) is 12.1. The lowest BCUT2D eigenvalue weighted by Gasteiger charge is -2.02. The van der Waals surface area contributed by atoms with E-state index < -0.39 is 5.91 Å². The lowest BCUT2D eigenvalue weighted by molar-refractivity contribution is -0.117. The molecule has 0 aliphatic carbocycles. The van der Waals surface area contributed by atoms with Crippen molar-refractivity contribution in [2.75, 3.05) is 19.0 Å². The average Bonchev–Trinajstić information content (AvgIpc) is 2.34. The summed E-state index contributed by atoms with van der Waals surface area (Å²) in [6, 6.07) is 0.367. The monoisotopic (exact) mass is 170 g/mol. The Morgan fingerprint density at radius 2 is 2.25 bits per heavy atom. The fraction of sp³-hybridized carbons (Fsp3) is 0.500. The Hall–Kier alpha value is -1.59. The van der Waals surface area contributed by atoms with E-state index in [1.54, 1.807) is 19.0 Å². The van der Waals surface area contributed by atoms with Crippen LogP contribution in [0, 0.1) is 0 Å². The summed E-state index contributed by atoms with van der Waals surface area (Å²) in [6.07, 6.45) is -0.0131. The molecule has 1 amide bonds. The first-order valence-corrected chi connectivity index (χ1v) is 3.37. The molecule has 0 saturated carbocycles. The summed E-state index contributed by atoms with van der Waals surface area (Å²) in [5.41, 5.74) is 4.93. The number of amides is 1. The Balaban J connectivity index is 2.70. The van der Waals surface area contributed by atoms with Gasteiger partial charge in [-0.15, -0.1) is 5.10 Å². The van der Waals surface area contributed by atoms with Crippen molar-refractivity contribution in [3.05, 3.63) is 5.89 Å². The number of hydrogen-bond acceptors (Lipinski definition) is 5. The van der Waals surface area contributed by atoms with Crippen molar-refractivity contribution in [3.63, 3.8) is 0 Å². The highest BCUT2D eigenvalue weighted by Crippen LogP contribution is 2.07. The van der Waals surface area contributed by atoms with Crippen LogP contribution in [0.5, 0.6) is 0 Å². The Kier molecular flexibility index (Phi) is 2.27. The Labute approximate surface area is 69.4 Å². The minimum absolute atomic E-state index is 0.0131. The molecule has 6 heteroatoms. The number of anilines is 1. The molecule has 0 aliphatic rings. The standard InChI is InChI=1S/C6H10N4O2/c1-10(2)6-9-8-5(12-6)3-4(7)11/h3H2,1-2H3,(H2,7,11). The summed E-state index contributed by atoms with van der Waals surface area (Å²) in [5, 5.41) is 7.29. The van der Waals surface area contributed by atoms with Gasteiger partial charge < -0.3 is 15.1 Å². The molecule has 2 N–H and O–H groups in total. The number of aromatic nitrogens is 2. The SMILES string of the molecule is CN(C)c1nnc(CC(N)=O)o1. The topological polar surface area (TPSA) is 85.3 Å². The first kappa shape index (κ1) is 8.51. The molecule has 0 spiro atoms. The molecule has 0 atom stereocenters. The number of carbonyl (C=O) groups excluding carboxylic acids is 1. The zero-order valence-electron chi connectivity index (χ0n) is 6.94. The molecule has 0 aromatic carbocycles. The maximum absolute atomic E-state index is 10.4. The molecule has 12 heavy (non-hydrogen) atoms. The molecular formula is C6H10N4O2. The van der Waals surface area contributed by atoms with E-state index in [2.05, 4.69) is 10.2 Å². The maximum atomic E-state index is 10.4. The number of carbonyl (C=O) groups is 1. The second kappa shape index (κ2) is 3.21. The van der Waals surface area contributed by atoms with Crippen LogP contribution in [0.25, 0.3) is 0 Å². The van der Waals surface area contributed by atoms with Crippen LogP contribution in [0.1, 0.15) is 5.89 Å². The molecule has 1 rings (SSSR count). The highest BCUT2D eigenvalue weighted by atomic mass is 16.4. The third-order valence-electron chi connectivity index (χ3n) is 1.16. The van der Waals surface area contributed by atoms with Gasteiger partial charge >= 0.3 is 6.01 Å². The van der Waals surface area contributed by atoms with E-state index in [4.69, 9.17) is 10.2 Å². The zero-order chi connectivity index (χ0) is 9.14. The lowest BCUT2D eigenvalue weighted by atomic mass is 10.4. The molecule has 1 heterocycles. The van der Waals surface area contributed by atoms with E-state index in [1.807, 2.05) is 0 Å². The predicted octanol–water partition coefficient (Wildman–Crippen LogP) is -0.837. The van der Waals surface area contributed by atoms with Crippen molar-refractivity contribution in [3.8, 4) is 0 Å². The molecular weight excluding hydrogens is 160 g/mol. The Morgan fingerprint density at radius 3 is 2.67 bits per heavy atom. The number of primary amides is 1. The largest absolute Gasteiger partial charge is 0.407 e. The quantitative estimate of drug-likeness (QED) is 0.639. The van der Waals surface area contributed by atoms with Crippen molar-refractivity contribution >= 4 is 11.9 Å². The van der Waals surface area contributed by atoms with Gasteiger partial charge in [0.1, 0.15) is 6.42 Å². The van der Waals surface area contributed by atoms with Crippen molar-refractivity contribution in [1.82, 2.24) is 10.2 Å². The number of hydrogen-bond donors (Lipinski definition) is 1. The third kappa shape index (κ3) is 1.94. The molecule has 0 fully saturated rings. The second-order valence-electron chi connectivity index (χ2n) is 2.52. The third-order valence-corrected chi connectivity index (χ3v) is 1.16. The average molecular weight is 170 g/mol. The van der Waals surface area contributed by atoms with Crippen molar-refractivity contribution in [2.24, 2.45) is 5.73 Å².